The highest BCUT2D eigenvalue weighted by Gasteiger charge is 1.98. The molecular formula is C8H21OSi2. The minimum Gasteiger partial charge on any atom is -0.425 e. The van der Waals surface area contributed by atoms with Crippen molar-refractivity contribution in [3.8, 4) is 0 Å². The molecule has 1 atom stereocenters. The fraction of sp³-hybridized carbons (Fsp3) is 0.875. The van der Waals surface area contributed by atoms with Crippen molar-refractivity contribution < 1.29 is 4.43 Å². The molecule has 0 spiro atoms. The van der Waals surface area contributed by atoms with Crippen molar-refractivity contribution in [3.05, 3.63) is 6.92 Å². The van der Waals surface area contributed by atoms with Crippen LogP contribution in [0.3, 0.4) is 0 Å². The standard InChI is InChI=1S/C8H21OSi2/c1-4-8(10)9-11-6-5-7(2)3/h7-8H,1,4-6,11H2,2-3,10H3. The van der Waals surface area contributed by atoms with Gasteiger partial charge in [-0.1, -0.05) is 27.2 Å². The Balaban J connectivity index is 3.01. The SMILES string of the molecule is [CH2]CC([SiH3])O[SiH2]CCC(C)C. The second-order valence-electron chi connectivity index (χ2n) is 3.51. The quantitative estimate of drug-likeness (QED) is 0.436. The van der Waals surface area contributed by atoms with Crippen molar-refractivity contribution in [1.82, 2.24) is 0 Å². The monoisotopic (exact) mass is 189 g/mol. The van der Waals surface area contributed by atoms with E-state index in [2.05, 4.69) is 20.8 Å². The lowest BCUT2D eigenvalue weighted by Gasteiger charge is -2.10. The predicted molar refractivity (Wildman–Crippen MR) is 57.6 cm³/mol. The molecule has 1 unspecified atom stereocenters. The third kappa shape index (κ3) is 8.30. The van der Waals surface area contributed by atoms with Crippen LogP contribution in [0.25, 0.3) is 0 Å². The molecule has 0 bridgehead atoms. The Hall–Kier alpha value is 0.394. The molecule has 1 radical (unpaired) electrons. The van der Waals surface area contributed by atoms with E-state index in [0.717, 1.165) is 22.6 Å². The largest absolute Gasteiger partial charge is 0.425 e. The van der Waals surface area contributed by atoms with Gasteiger partial charge in [0.05, 0.1) is 0 Å². The number of hydrogen-bond acceptors (Lipinski definition) is 1. The molecule has 1 nitrogen and oxygen atoms in total. The fourth-order valence-electron chi connectivity index (χ4n) is 0.859. The molecule has 0 aliphatic carbocycles. The van der Waals surface area contributed by atoms with Gasteiger partial charge in [0.15, 0.2) is 9.76 Å². The first-order valence-electron chi connectivity index (χ1n) is 4.57. The lowest BCUT2D eigenvalue weighted by atomic mass is 10.2. The van der Waals surface area contributed by atoms with E-state index in [1.165, 1.54) is 12.5 Å². The van der Waals surface area contributed by atoms with E-state index in [1.54, 1.807) is 0 Å². The molecule has 0 aliphatic heterocycles. The van der Waals surface area contributed by atoms with E-state index in [9.17, 15) is 0 Å². The van der Waals surface area contributed by atoms with Crippen molar-refractivity contribution in [3.63, 3.8) is 0 Å². The van der Waals surface area contributed by atoms with E-state index < -0.39 is 0 Å². The Kier molecular flexibility index (Phi) is 7.32. The Labute approximate surface area is 76.3 Å². The zero-order valence-corrected chi connectivity index (χ0v) is 11.5. The molecule has 0 N–H and O–H groups in total. The van der Waals surface area contributed by atoms with Gasteiger partial charge in [-0.05, 0) is 18.4 Å². The van der Waals surface area contributed by atoms with Gasteiger partial charge in [0, 0.05) is 16.0 Å². The van der Waals surface area contributed by atoms with Crippen molar-refractivity contribution in [2.45, 2.75) is 38.5 Å². The van der Waals surface area contributed by atoms with Gasteiger partial charge in [0.25, 0.3) is 0 Å². The summed E-state index contributed by atoms with van der Waals surface area (Å²) >= 11 is 0. The fourth-order valence-corrected chi connectivity index (χ4v) is 3.29. The van der Waals surface area contributed by atoms with Crippen LogP contribution in [-0.2, 0) is 4.43 Å². The maximum Gasteiger partial charge on any atom is 0.161 e. The molecular weight excluding hydrogens is 168 g/mol. The first kappa shape index (κ1) is 11.4. The van der Waals surface area contributed by atoms with Crippen molar-refractivity contribution in [1.29, 1.82) is 0 Å². The second-order valence-corrected chi connectivity index (χ2v) is 6.24. The Morgan fingerprint density at radius 1 is 1.55 bits per heavy atom. The summed E-state index contributed by atoms with van der Waals surface area (Å²) in [5, 5.41) is 0. The van der Waals surface area contributed by atoms with Gasteiger partial charge in [0.2, 0.25) is 0 Å². The van der Waals surface area contributed by atoms with Crippen LogP contribution < -0.4 is 0 Å². The van der Waals surface area contributed by atoms with Crippen LogP contribution in [0.5, 0.6) is 0 Å². The van der Waals surface area contributed by atoms with Gasteiger partial charge >= 0.3 is 0 Å². The average Bonchev–Trinajstić information content (AvgIpc) is 1.97. The van der Waals surface area contributed by atoms with Crippen molar-refractivity contribution in [2.24, 2.45) is 5.92 Å². The summed E-state index contributed by atoms with van der Waals surface area (Å²) in [5.41, 5.74) is 0.536. The number of hydrogen-bond donors (Lipinski definition) is 0. The van der Waals surface area contributed by atoms with Crippen molar-refractivity contribution in [2.75, 3.05) is 0 Å². The van der Waals surface area contributed by atoms with Gasteiger partial charge in [-0.15, -0.1) is 0 Å². The van der Waals surface area contributed by atoms with Gasteiger partial charge in [-0.2, -0.15) is 0 Å². The highest BCUT2D eigenvalue weighted by molar-refractivity contribution is 6.28. The van der Waals surface area contributed by atoms with E-state index in [0.29, 0.717) is 5.73 Å². The zero-order chi connectivity index (χ0) is 8.69. The molecule has 0 aromatic rings. The number of rotatable bonds is 6. The average molecular weight is 189 g/mol. The minimum atomic E-state index is -0.195. The Bertz CT molecular complexity index is 86.2. The molecule has 0 rings (SSSR count). The van der Waals surface area contributed by atoms with E-state index in [1.807, 2.05) is 0 Å². The summed E-state index contributed by atoms with van der Waals surface area (Å²) in [6.45, 7) is 8.37. The molecule has 3 heteroatoms. The second kappa shape index (κ2) is 7.07. The summed E-state index contributed by atoms with van der Waals surface area (Å²) in [5.74, 6) is 0.846. The lowest BCUT2D eigenvalue weighted by Crippen LogP contribution is -2.14. The summed E-state index contributed by atoms with van der Waals surface area (Å²) in [4.78, 5) is 0. The molecule has 0 heterocycles. The summed E-state index contributed by atoms with van der Waals surface area (Å²) < 4.78 is 5.68. The third-order valence-electron chi connectivity index (χ3n) is 1.73. The molecule has 0 aromatic heterocycles. The van der Waals surface area contributed by atoms with Crippen LogP contribution in [0.2, 0.25) is 6.04 Å². The van der Waals surface area contributed by atoms with Crippen LogP contribution in [0.1, 0.15) is 26.7 Å². The highest BCUT2D eigenvalue weighted by atomic mass is 28.2. The lowest BCUT2D eigenvalue weighted by molar-refractivity contribution is 0.297. The van der Waals surface area contributed by atoms with Crippen LogP contribution in [0, 0.1) is 12.8 Å². The van der Waals surface area contributed by atoms with Crippen LogP contribution in [-0.4, -0.2) is 25.7 Å². The highest BCUT2D eigenvalue weighted by Crippen LogP contribution is 2.03. The smallest absolute Gasteiger partial charge is 0.161 e. The van der Waals surface area contributed by atoms with E-state index in [4.69, 9.17) is 4.43 Å². The first-order valence-corrected chi connectivity index (χ1v) is 7.30. The molecule has 0 aliphatic rings. The first-order chi connectivity index (χ1) is 5.16. The summed E-state index contributed by atoms with van der Waals surface area (Å²) in [6, 6.07) is 1.34. The molecule has 0 aromatic carbocycles. The molecule has 0 saturated heterocycles. The van der Waals surface area contributed by atoms with Gasteiger partial charge < -0.3 is 4.43 Å². The van der Waals surface area contributed by atoms with Gasteiger partial charge in [-0.25, -0.2) is 0 Å². The molecule has 0 saturated carbocycles. The third-order valence-corrected chi connectivity index (χ3v) is 4.81. The van der Waals surface area contributed by atoms with Crippen LogP contribution >= 0.6 is 0 Å². The normalized spacial score (nSPS) is 15.3. The maximum absolute atomic E-state index is 5.68. The topological polar surface area (TPSA) is 9.23 Å². The van der Waals surface area contributed by atoms with E-state index in [-0.39, 0.29) is 9.76 Å². The van der Waals surface area contributed by atoms with Crippen LogP contribution in [0.4, 0.5) is 0 Å². The van der Waals surface area contributed by atoms with Crippen LogP contribution in [0.15, 0.2) is 0 Å². The van der Waals surface area contributed by atoms with E-state index >= 15 is 0 Å². The minimum absolute atomic E-state index is 0.195. The van der Waals surface area contributed by atoms with Gasteiger partial charge in [0.1, 0.15) is 0 Å². The zero-order valence-electron chi connectivity index (χ0n) is 8.10. The summed E-state index contributed by atoms with van der Waals surface area (Å²) in [7, 11) is 0.958. The Morgan fingerprint density at radius 3 is 2.64 bits per heavy atom. The maximum atomic E-state index is 5.68. The molecule has 0 amide bonds. The Morgan fingerprint density at radius 2 is 2.18 bits per heavy atom. The van der Waals surface area contributed by atoms with Gasteiger partial charge in [-0.3, -0.25) is 0 Å². The van der Waals surface area contributed by atoms with Crippen molar-refractivity contribution >= 4 is 20.0 Å². The predicted octanol–water partition coefficient (Wildman–Crippen LogP) is 0.467. The molecule has 11 heavy (non-hydrogen) atoms. The molecule has 0 fully saturated rings. The molecule has 67 valence electrons. The summed E-state index contributed by atoms with van der Waals surface area (Å²) in [6.07, 6.45) is 2.32.